The van der Waals surface area contributed by atoms with Crippen LogP contribution in [0.2, 0.25) is 0 Å². The van der Waals surface area contributed by atoms with Gasteiger partial charge in [0.05, 0.1) is 5.92 Å². The lowest BCUT2D eigenvalue weighted by Gasteiger charge is -2.28. The molecule has 0 bridgehead atoms. The standard InChI is InChI=1S/C18H14FN3O2/c1-11-9-12(19)5-6-13(11)15-14(10-20)17(23)21-18(24)16(15)22-7-3-2-4-8-22/h2-9,15-16H,1H3,(H-,21,23,24)/p+1. The Kier molecular flexibility index (Phi) is 4.00. The van der Waals surface area contributed by atoms with E-state index in [1.807, 2.05) is 12.1 Å². The Balaban J connectivity index is 2.23. The number of carbonyl (C=O) groups excluding carboxylic acids is 1. The molecule has 0 aliphatic carbocycles. The summed E-state index contributed by atoms with van der Waals surface area (Å²) in [6, 6.07) is 10.7. The van der Waals surface area contributed by atoms with E-state index in [0.29, 0.717) is 11.1 Å². The molecule has 0 fully saturated rings. The van der Waals surface area contributed by atoms with Crippen LogP contribution < -0.4 is 9.88 Å². The van der Waals surface area contributed by atoms with Gasteiger partial charge in [0.25, 0.3) is 5.91 Å². The fourth-order valence-corrected chi connectivity index (χ4v) is 3.06. The molecule has 3 rings (SSSR count). The SMILES string of the molecule is Cc1cc(F)ccc1C1C(C#N)=C(O)NC(=O)C1[n+]1ccccc1. The number of halogens is 1. The normalized spacial score (nSPS) is 20.5. The van der Waals surface area contributed by atoms with E-state index in [-0.39, 0.29) is 5.57 Å². The zero-order chi connectivity index (χ0) is 17.3. The van der Waals surface area contributed by atoms with Gasteiger partial charge in [-0.15, -0.1) is 0 Å². The molecule has 2 N–H and O–H groups in total. The number of benzene rings is 1. The van der Waals surface area contributed by atoms with E-state index in [9.17, 15) is 19.6 Å². The third-order valence-electron chi connectivity index (χ3n) is 4.14. The van der Waals surface area contributed by atoms with Crippen molar-refractivity contribution in [1.29, 1.82) is 5.26 Å². The second-order valence-corrected chi connectivity index (χ2v) is 5.61. The molecule has 1 aliphatic heterocycles. The number of hydrogen-bond acceptors (Lipinski definition) is 3. The van der Waals surface area contributed by atoms with Crippen LogP contribution in [0.15, 0.2) is 60.2 Å². The van der Waals surface area contributed by atoms with Gasteiger partial charge >= 0.3 is 0 Å². The Morgan fingerprint density at radius 3 is 2.62 bits per heavy atom. The van der Waals surface area contributed by atoms with E-state index in [1.165, 1.54) is 12.1 Å². The Bertz CT molecular complexity index is 872. The fraction of sp³-hybridized carbons (Fsp3) is 0.167. The minimum atomic E-state index is -0.763. The number of aliphatic hydroxyl groups excluding tert-OH is 1. The highest BCUT2D eigenvalue weighted by Gasteiger charge is 2.45. The first-order valence-corrected chi connectivity index (χ1v) is 7.39. The number of nitrogens with zero attached hydrogens (tertiary/aromatic N) is 2. The maximum Gasteiger partial charge on any atom is 0.296 e. The highest BCUT2D eigenvalue weighted by atomic mass is 19.1. The molecule has 2 atom stereocenters. The molecule has 6 heteroatoms. The van der Waals surface area contributed by atoms with Crippen molar-refractivity contribution in [2.75, 3.05) is 0 Å². The van der Waals surface area contributed by atoms with E-state index >= 15 is 0 Å². The number of nitrogens with one attached hydrogen (secondary N) is 1. The molecule has 1 aromatic heterocycles. The number of nitriles is 1. The molecule has 2 unspecified atom stereocenters. The first-order valence-electron chi connectivity index (χ1n) is 7.39. The summed E-state index contributed by atoms with van der Waals surface area (Å²) in [5, 5.41) is 21.8. The number of aryl methyl sites for hydroxylation is 1. The lowest BCUT2D eigenvalue weighted by Crippen LogP contribution is -2.53. The molecule has 2 heterocycles. The van der Waals surface area contributed by atoms with Gasteiger partial charge in [0.1, 0.15) is 17.5 Å². The summed E-state index contributed by atoms with van der Waals surface area (Å²) < 4.78 is 15.1. The second-order valence-electron chi connectivity index (χ2n) is 5.61. The van der Waals surface area contributed by atoms with Gasteiger partial charge in [-0.2, -0.15) is 9.83 Å². The minimum absolute atomic E-state index is 0.0469. The molecule has 1 aromatic carbocycles. The summed E-state index contributed by atoms with van der Waals surface area (Å²) in [6.45, 7) is 1.71. The molecule has 24 heavy (non-hydrogen) atoms. The van der Waals surface area contributed by atoms with Crippen LogP contribution in [-0.4, -0.2) is 11.0 Å². The fourth-order valence-electron chi connectivity index (χ4n) is 3.06. The van der Waals surface area contributed by atoms with Crippen molar-refractivity contribution in [3.8, 4) is 6.07 Å². The molecule has 0 saturated heterocycles. The van der Waals surface area contributed by atoms with Crippen molar-refractivity contribution in [1.82, 2.24) is 5.32 Å². The zero-order valence-corrected chi connectivity index (χ0v) is 12.9. The molecular weight excluding hydrogens is 309 g/mol. The summed E-state index contributed by atoms with van der Waals surface area (Å²) >= 11 is 0. The third kappa shape index (κ3) is 2.61. The van der Waals surface area contributed by atoms with E-state index in [1.54, 1.807) is 42.1 Å². The van der Waals surface area contributed by atoms with Crippen molar-refractivity contribution in [2.45, 2.75) is 18.9 Å². The van der Waals surface area contributed by atoms with Gasteiger partial charge in [0.15, 0.2) is 12.4 Å². The van der Waals surface area contributed by atoms with Crippen molar-refractivity contribution in [3.05, 3.63) is 77.2 Å². The van der Waals surface area contributed by atoms with E-state index in [2.05, 4.69) is 5.32 Å². The molecule has 120 valence electrons. The lowest BCUT2D eigenvalue weighted by atomic mass is 9.80. The van der Waals surface area contributed by atoms with E-state index in [0.717, 1.165) is 0 Å². The van der Waals surface area contributed by atoms with Gasteiger partial charge in [0, 0.05) is 12.1 Å². The minimum Gasteiger partial charge on any atom is -0.494 e. The lowest BCUT2D eigenvalue weighted by molar-refractivity contribution is -0.711. The van der Waals surface area contributed by atoms with E-state index < -0.39 is 29.6 Å². The third-order valence-corrected chi connectivity index (χ3v) is 4.14. The molecule has 2 aromatic rings. The molecular formula is C18H15FN3O2+. The van der Waals surface area contributed by atoms with Crippen LogP contribution in [0.3, 0.4) is 0 Å². The van der Waals surface area contributed by atoms with Gasteiger partial charge in [-0.05, 0) is 30.2 Å². The van der Waals surface area contributed by atoms with Crippen LogP contribution in [0.4, 0.5) is 4.39 Å². The second kappa shape index (κ2) is 6.13. The smallest absolute Gasteiger partial charge is 0.296 e. The van der Waals surface area contributed by atoms with Crippen molar-refractivity contribution in [2.24, 2.45) is 0 Å². The van der Waals surface area contributed by atoms with Crippen LogP contribution in [-0.2, 0) is 4.79 Å². The summed E-state index contributed by atoms with van der Waals surface area (Å²) in [4.78, 5) is 12.5. The molecule has 0 saturated carbocycles. The number of hydrogen-bond donors (Lipinski definition) is 2. The van der Waals surface area contributed by atoms with Crippen LogP contribution in [0.1, 0.15) is 23.1 Å². The number of amides is 1. The van der Waals surface area contributed by atoms with Crippen molar-refractivity contribution < 1.29 is 18.9 Å². The van der Waals surface area contributed by atoms with Crippen LogP contribution >= 0.6 is 0 Å². The number of carbonyl (C=O) groups is 1. The van der Waals surface area contributed by atoms with Crippen LogP contribution in [0.5, 0.6) is 0 Å². The predicted octanol–water partition coefficient (Wildman–Crippen LogP) is 2.17. The summed E-state index contributed by atoms with van der Waals surface area (Å²) in [7, 11) is 0. The summed E-state index contributed by atoms with van der Waals surface area (Å²) in [5.74, 6) is -2.00. The van der Waals surface area contributed by atoms with Gasteiger partial charge in [-0.3, -0.25) is 10.1 Å². The maximum absolute atomic E-state index is 13.5. The van der Waals surface area contributed by atoms with Crippen LogP contribution in [0, 0.1) is 24.1 Å². The Hall–Kier alpha value is -3.20. The van der Waals surface area contributed by atoms with Gasteiger partial charge in [-0.1, -0.05) is 12.1 Å². The summed E-state index contributed by atoms with van der Waals surface area (Å²) in [6.07, 6.45) is 3.43. The Morgan fingerprint density at radius 2 is 2.00 bits per heavy atom. The molecule has 0 spiro atoms. The number of allylic oxidation sites excluding steroid dienone is 1. The average Bonchev–Trinajstić information content (AvgIpc) is 2.55. The van der Waals surface area contributed by atoms with Crippen molar-refractivity contribution >= 4 is 5.91 Å². The molecule has 0 radical (unpaired) electrons. The molecule has 5 nitrogen and oxygen atoms in total. The first kappa shape index (κ1) is 15.7. The van der Waals surface area contributed by atoms with Gasteiger partial charge < -0.3 is 5.11 Å². The van der Waals surface area contributed by atoms with Gasteiger partial charge in [0.2, 0.25) is 11.9 Å². The van der Waals surface area contributed by atoms with Crippen molar-refractivity contribution in [3.63, 3.8) is 0 Å². The topological polar surface area (TPSA) is 77.0 Å². The first-order chi connectivity index (χ1) is 11.5. The molecule has 1 aliphatic rings. The predicted molar refractivity (Wildman–Crippen MR) is 83.0 cm³/mol. The number of aliphatic hydroxyl groups is 1. The van der Waals surface area contributed by atoms with Crippen LogP contribution in [0.25, 0.3) is 0 Å². The number of pyridine rings is 1. The average molecular weight is 324 g/mol. The van der Waals surface area contributed by atoms with E-state index in [4.69, 9.17) is 0 Å². The highest BCUT2D eigenvalue weighted by Crippen LogP contribution is 2.38. The number of aromatic nitrogens is 1. The highest BCUT2D eigenvalue weighted by molar-refractivity contribution is 5.84. The number of rotatable bonds is 2. The quantitative estimate of drug-likeness (QED) is 0.831. The zero-order valence-electron chi connectivity index (χ0n) is 12.9. The molecule has 1 amide bonds. The maximum atomic E-state index is 13.5. The largest absolute Gasteiger partial charge is 0.494 e. The monoisotopic (exact) mass is 324 g/mol. The summed E-state index contributed by atoms with van der Waals surface area (Å²) in [5.41, 5.74) is 1.28. The van der Waals surface area contributed by atoms with Gasteiger partial charge in [-0.25, -0.2) is 4.39 Å². The Labute approximate surface area is 138 Å². The Morgan fingerprint density at radius 1 is 1.29 bits per heavy atom.